The monoisotopic (exact) mass is 265 g/mol. The number of carbonyl (C=O) groups excluding carboxylic acids is 1. The summed E-state index contributed by atoms with van der Waals surface area (Å²) in [5, 5.41) is 15.9. The number of hydrogen-bond donors (Lipinski definition) is 2. The Kier molecular flexibility index (Phi) is 4.96. The van der Waals surface area contributed by atoms with E-state index in [1.807, 2.05) is 0 Å². The Labute approximate surface area is 114 Å². The lowest BCUT2D eigenvalue weighted by Crippen LogP contribution is -2.27. The Hall–Kier alpha value is -1.36. The molecule has 1 saturated carbocycles. The number of nitrogens with zero attached hydrogens (tertiary/aromatic N) is 2. The van der Waals surface area contributed by atoms with Crippen LogP contribution in [-0.4, -0.2) is 27.4 Å². The fourth-order valence-corrected chi connectivity index (χ4v) is 2.72. The number of amides is 1. The molecular weight excluding hydrogens is 242 g/mol. The van der Waals surface area contributed by atoms with Gasteiger partial charge in [-0.05, 0) is 31.6 Å². The van der Waals surface area contributed by atoms with Crippen LogP contribution in [0.15, 0.2) is 12.3 Å². The summed E-state index contributed by atoms with van der Waals surface area (Å²) in [5.41, 5.74) is 0. The summed E-state index contributed by atoms with van der Waals surface area (Å²) in [4.78, 5) is 12.1. The largest absolute Gasteiger partial charge is 0.394 e. The van der Waals surface area contributed by atoms with Gasteiger partial charge in [-0.3, -0.25) is 9.48 Å². The molecule has 1 aliphatic rings. The van der Waals surface area contributed by atoms with Gasteiger partial charge in [-0.1, -0.05) is 13.3 Å². The van der Waals surface area contributed by atoms with Crippen molar-refractivity contribution in [3.05, 3.63) is 12.3 Å². The van der Waals surface area contributed by atoms with Crippen LogP contribution in [0.4, 0.5) is 5.82 Å². The van der Waals surface area contributed by atoms with Gasteiger partial charge in [0, 0.05) is 18.2 Å². The van der Waals surface area contributed by atoms with E-state index in [2.05, 4.69) is 17.3 Å². The van der Waals surface area contributed by atoms with Crippen LogP contribution in [0, 0.1) is 11.8 Å². The Morgan fingerprint density at radius 2 is 2.21 bits per heavy atom. The van der Waals surface area contributed by atoms with Gasteiger partial charge in [-0.2, -0.15) is 5.10 Å². The Morgan fingerprint density at radius 1 is 1.47 bits per heavy atom. The van der Waals surface area contributed by atoms with Gasteiger partial charge in [0.25, 0.3) is 0 Å². The molecule has 0 aliphatic heterocycles. The molecule has 1 fully saturated rings. The average molecular weight is 265 g/mol. The zero-order chi connectivity index (χ0) is 13.7. The number of aliphatic hydroxyl groups is 1. The van der Waals surface area contributed by atoms with E-state index in [9.17, 15) is 4.79 Å². The smallest absolute Gasteiger partial charge is 0.228 e. The first-order valence-electron chi connectivity index (χ1n) is 7.18. The zero-order valence-electron chi connectivity index (χ0n) is 11.5. The third-order valence-electron chi connectivity index (χ3n) is 4.02. The van der Waals surface area contributed by atoms with Crippen LogP contribution >= 0.6 is 0 Å². The highest BCUT2D eigenvalue weighted by Crippen LogP contribution is 2.31. The lowest BCUT2D eigenvalue weighted by Gasteiger charge is -2.26. The minimum atomic E-state index is 0.0517. The molecule has 1 heterocycles. The summed E-state index contributed by atoms with van der Waals surface area (Å²) in [6.45, 7) is 2.73. The third-order valence-corrected chi connectivity index (χ3v) is 4.02. The molecule has 1 aromatic heterocycles. The number of aliphatic hydroxyl groups excluding tert-OH is 1. The van der Waals surface area contributed by atoms with Gasteiger partial charge in [-0.15, -0.1) is 0 Å². The lowest BCUT2D eigenvalue weighted by molar-refractivity contribution is -0.121. The molecule has 106 valence electrons. The topological polar surface area (TPSA) is 67.2 Å². The van der Waals surface area contributed by atoms with Gasteiger partial charge in [0.1, 0.15) is 0 Å². The Balaban J connectivity index is 1.83. The van der Waals surface area contributed by atoms with Crippen molar-refractivity contribution in [2.24, 2.45) is 11.8 Å². The highest BCUT2D eigenvalue weighted by Gasteiger charge is 2.25. The van der Waals surface area contributed by atoms with E-state index in [0.717, 1.165) is 31.6 Å². The molecule has 0 bridgehead atoms. The zero-order valence-corrected chi connectivity index (χ0v) is 11.5. The number of hydrogen-bond acceptors (Lipinski definition) is 3. The summed E-state index contributed by atoms with van der Waals surface area (Å²) >= 11 is 0. The van der Waals surface area contributed by atoms with E-state index >= 15 is 0 Å². The maximum atomic E-state index is 12.1. The number of carbonyl (C=O) groups is 1. The first kappa shape index (κ1) is 14.1. The van der Waals surface area contributed by atoms with Crippen LogP contribution in [0.1, 0.15) is 39.0 Å². The number of nitrogens with one attached hydrogen (secondary N) is 1. The third kappa shape index (κ3) is 3.80. The maximum Gasteiger partial charge on any atom is 0.228 e. The molecule has 0 spiro atoms. The maximum absolute atomic E-state index is 12.1. The van der Waals surface area contributed by atoms with Crippen LogP contribution in [0.3, 0.4) is 0 Å². The molecule has 5 nitrogen and oxygen atoms in total. The fraction of sp³-hybridized carbons (Fsp3) is 0.714. The molecule has 19 heavy (non-hydrogen) atoms. The normalized spacial score (nSPS) is 23.3. The fourth-order valence-electron chi connectivity index (χ4n) is 2.72. The Morgan fingerprint density at radius 3 is 2.84 bits per heavy atom. The minimum absolute atomic E-state index is 0.0517. The summed E-state index contributed by atoms with van der Waals surface area (Å²) in [6.07, 6.45) is 7.28. The molecule has 1 aliphatic carbocycles. The SMILES string of the molecule is CCC1CCC(C(=O)Nc2ccn(CCO)n2)CC1. The summed E-state index contributed by atoms with van der Waals surface area (Å²) in [5.74, 6) is 1.60. The molecule has 0 unspecified atom stereocenters. The summed E-state index contributed by atoms with van der Waals surface area (Å²) < 4.78 is 1.63. The van der Waals surface area contributed by atoms with Crippen LogP contribution < -0.4 is 5.32 Å². The minimum Gasteiger partial charge on any atom is -0.394 e. The van der Waals surface area contributed by atoms with Gasteiger partial charge in [-0.25, -0.2) is 0 Å². The molecule has 0 atom stereocenters. The van der Waals surface area contributed by atoms with Gasteiger partial charge < -0.3 is 10.4 Å². The van der Waals surface area contributed by atoms with Crippen molar-refractivity contribution in [1.29, 1.82) is 0 Å². The highest BCUT2D eigenvalue weighted by atomic mass is 16.3. The van der Waals surface area contributed by atoms with Crippen LogP contribution in [0.5, 0.6) is 0 Å². The number of anilines is 1. The molecule has 2 rings (SSSR count). The second-order valence-electron chi connectivity index (χ2n) is 5.30. The van der Waals surface area contributed by atoms with Crippen molar-refractivity contribution >= 4 is 11.7 Å². The van der Waals surface area contributed by atoms with E-state index < -0.39 is 0 Å². The molecular formula is C14H23N3O2. The average Bonchev–Trinajstić information content (AvgIpc) is 2.86. The van der Waals surface area contributed by atoms with Gasteiger partial charge in [0.2, 0.25) is 5.91 Å². The van der Waals surface area contributed by atoms with E-state index in [4.69, 9.17) is 5.11 Å². The highest BCUT2D eigenvalue weighted by molar-refractivity contribution is 5.91. The predicted octanol–water partition coefficient (Wildman–Crippen LogP) is 2.03. The van der Waals surface area contributed by atoms with E-state index in [1.54, 1.807) is 16.9 Å². The van der Waals surface area contributed by atoms with Crippen molar-refractivity contribution in [3.8, 4) is 0 Å². The quantitative estimate of drug-likeness (QED) is 0.856. The molecule has 5 heteroatoms. The van der Waals surface area contributed by atoms with Crippen molar-refractivity contribution in [2.75, 3.05) is 11.9 Å². The molecule has 1 aromatic rings. The van der Waals surface area contributed by atoms with Crippen molar-refractivity contribution in [2.45, 2.75) is 45.6 Å². The molecule has 0 saturated heterocycles. The van der Waals surface area contributed by atoms with Crippen molar-refractivity contribution < 1.29 is 9.90 Å². The second kappa shape index (κ2) is 6.70. The van der Waals surface area contributed by atoms with Gasteiger partial charge in [0.05, 0.1) is 13.2 Å². The molecule has 1 amide bonds. The first-order chi connectivity index (χ1) is 9.22. The van der Waals surface area contributed by atoms with E-state index in [1.165, 1.54) is 6.42 Å². The second-order valence-corrected chi connectivity index (χ2v) is 5.30. The van der Waals surface area contributed by atoms with Crippen molar-refractivity contribution in [3.63, 3.8) is 0 Å². The van der Waals surface area contributed by atoms with Crippen LogP contribution in [-0.2, 0) is 11.3 Å². The molecule has 2 N–H and O–H groups in total. The number of rotatable bonds is 5. The van der Waals surface area contributed by atoms with E-state index in [0.29, 0.717) is 12.4 Å². The molecule has 0 aromatic carbocycles. The van der Waals surface area contributed by atoms with Crippen molar-refractivity contribution in [1.82, 2.24) is 9.78 Å². The lowest BCUT2D eigenvalue weighted by atomic mass is 9.80. The van der Waals surface area contributed by atoms with Crippen LogP contribution in [0.25, 0.3) is 0 Å². The standard InChI is InChI=1S/C14H23N3O2/c1-2-11-3-5-12(6-4-11)14(19)15-13-7-8-17(16-13)9-10-18/h7-8,11-12,18H,2-6,9-10H2,1H3,(H,15,16,19). The summed E-state index contributed by atoms with van der Waals surface area (Å²) in [6, 6.07) is 1.77. The van der Waals surface area contributed by atoms with Gasteiger partial charge in [0.15, 0.2) is 5.82 Å². The van der Waals surface area contributed by atoms with Gasteiger partial charge >= 0.3 is 0 Å². The molecule has 0 radical (unpaired) electrons. The first-order valence-corrected chi connectivity index (χ1v) is 7.18. The van der Waals surface area contributed by atoms with E-state index in [-0.39, 0.29) is 18.4 Å². The summed E-state index contributed by atoms with van der Waals surface area (Å²) in [7, 11) is 0. The number of aromatic nitrogens is 2. The predicted molar refractivity (Wildman–Crippen MR) is 73.7 cm³/mol. The Bertz CT molecular complexity index is 409. The van der Waals surface area contributed by atoms with Crippen LogP contribution in [0.2, 0.25) is 0 Å².